The Morgan fingerprint density at radius 3 is 2.56 bits per heavy atom. The number of nitrogens with one attached hydrogen (secondary N) is 1. The number of aliphatic hydroxyl groups excluding tert-OH is 1. The Bertz CT molecular complexity index is 558. The molecular weight excluding hydrogens is 273 g/mol. The predicted octanol–water partition coefficient (Wildman–Crippen LogP) is 3.12. The highest BCUT2D eigenvalue weighted by molar-refractivity contribution is 6.42. The monoisotopic (exact) mass is 285 g/mol. The van der Waals surface area contributed by atoms with Gasteiger partial charge in [-0.25, -0.2) is 4.98 Å². The van der Waals surface area contributed by atoms with Crippen LogP contribution in [0.25, 0.3) is 11.0 Å². The highest BCUT2D eigenvalue weighted by atomic mass is 35.5. The molecule has 0 radical (unpaired) electrons. The molecule has 0 saturated carbocycles. The smallest absolute Gasteiger partial charge is 0.145 e. The van der Waals surface area contributed by atoms with E-state index in [-0.39, 0.29) is 12.6 Å². The summed E-state index contributed by atoms with van der Waals surface area (Å²) in [5.41, 5.74) is 1.36. The van der Waals surface area contributed by atoms with Gasteiger partial charge in [-0.1, -0.05) is 30.1 Å². The number of halogens is 2. The summed E-state index contributed by atoms with van der Waals surface area (Å²) in [4.78, 5) is 8.64. The molecule has 2 aromatic rings. The van der Waals surface area contributed by atoms with E-state index in [4.69, 9.17) is 28.3 Å². The lowest BCUT2D eigenvalue weighted by Crippen LogP contribution is -2.23. The molecule has 0 aliphatic carbocycles. The Kier molecular flexibility index (Phi) is 4.22. The second-order valence-electron chi connectivity index (χ2n) is 3.94. The van der Waals surface area contributed by atoms with E-state index in [2.05, 4.69) is 15.3 Å². The number of benzene rings is 1. The lowest BCUT2D eigenvalue weighted by molar-refractivity contribution is 0.271. The fraction of sp³-hybridized carbons (Fsp3) is 0.333. The quantitative estimate of drug-likeness (QED) is 0.906. The van der Waals surface area contributed by atoms with Gasteiger partial charge >= 0.3 is 0 Å². The summed E-state index contributed by atoms with van der Waals surface area (Å²) in [6.45, 7) is 2.04. The standard InChI is InChI=1S/C12H13Cl2N3O/c1-2-7(6-18)16-12-5-15-10-3-8(13)9(14)4-11(10)17-12/h3-5,7,18H,2,6H2,1H3,(H,16,17)/t7-/m1/s1. The van der Waals surface area contributed by atoms with Crippen LogP contribution in [0.4, 0.5) is 5.82 Å². The molecule has 0 fully saturated rings. The first-order chi connectivity index (χ1) is 8.63. The van der Waals surface area contributed by atoms with Crippen LogP contribution in [-0.2, 0) is 0 Å². The van der Waals surface area contributed by atoms with Crippen LogP contribution in [-0.4, -0.2) is 27.7 Å². The fourth-order valence-corrected chi connectivity index (χ4v) is 1.88. The predicted molar refractivity (Wildman–Crippen MR) is 74.3 cm³/mol. The van der Waals surface area contributed by atoms with E-state index in [1.54, 1.807) is 18.3 Å². The Labute approximate surface area is 115 Å². The number of nitrogens with zero attached hydrogens (tertiary/aromatic N) is 2. The van der Waals surface area contributed by atoms with Gasteiger partial charge in [0.1, 0.15) is 5.82 Å². The number of aromatic nitrogens is 2. The molecule has 2 N–H and O–H groups in total. The molecule has 6 heteroatoms. The number of anilines is 1. The molecule has 1 heterocycles. The first-order valence-electron chi connectivity index (χ1n) is 5.63. The average Bonchev–Trinajstić information content (AvgIpc) is 2.37. The van der Waals surface area contributed by atoms with Gasteiger partial charge in [0.25, 0.3) is 0 Å². The van der Waals surface area contributed by atoms with Crippen LogP contribution in [0.1, 0.15) is 13.3 Å². The molecule has 0 aliphatic heterocycles. The molecule has 1 aromatic carbocycles. The summed E-state index contributed by atoms with van der Waals surface area (Å²) in [6, 6.07) is 3.33. The Hall–Kier alpha value is -1.10. The van der Waals surface area contributed by atoms with Crippen molar-refractivity contribution in [3.8, 4) is 0 Å². The maximum Gasteiger partial charge on any atom is 0.145 e. The Morgan fingerprint density at radius 2 is 1.94 bits per heavy atom. The minimum atomic E-state index is -0.0282. The van der Waals surface area contributed by atoms with Crippen LogP contribution >= 0.6 is 23.2 Å². The summed E-state index contributed by atoms with van der Waals surface area (Å²) in [6.07, 6.45) is 2.42. The van der Waals surface area contributed by atoms with Crippen molar-refractivity contribution in [2.75, 3.05) is 11.9 Å². The molecule has 96 valence electrons. The summed E-state index contributed by atoms with van der Waals surface area (Å²) >= 11 is 11.8. The van der Waals surface area contributed by atoms with E-state index in [9.17, 15) is 0 Å². The zero-order valence-corrected chi connectivity index (χ0v) is 11.3. The van der Waals surface area contributed by atoms with Gasteiger partial charge in [-0.15, -0.1) is 0 Å². The average molecular weight is 286 g/mol. The number of fused-ring (bicyclic) bond motifs is 1. The number of aliphatic hydroxyl groups is 1. The lowest BCUT2D eigenvalue weighted by atomic mass is 10.2. The van der Waals surface area contributed by atoms with Crippen molar-refractivity contribution >= 4 is 40.1 Å². The van der Waals surface area contributed by atoms with Gasteiger partial charge in [-0.05, 0) is 18.6 Å². The summed E-state index contributed by atoms with van der Waals surface area (Å²) in [7, 11) is 0. The van der Waals surface area contributed by atoms with E-state index in [0.717, 1.165) is 6.42 Å². The normalized spacial score (nSPS) is 12.7. The van der Waals surface area contributed by atoms with Crippen LogP contribution < -0.4 is 5.32 Å². The van der Waals surface area contributed by atoms with Crippen molar-refractivity contribution in [2.45, 2.75) is 19.4 Å². The molecule has 1 aromatic heterocycles. The van der Waals surface area contributed by atoms with Crippen molar-refractivity contribution in [3.63, 3.8) is 0 Å². The zero-order valence-electron chi connectivity index (χ0n) is 9.82. The SMILES string of the molecule is CC[C@H](CO)Nc1cnc2cc(Cl)c(Cl)cc2n1. The minimum absolute atomic E-state index is 0.0282. The van der Waals surface area contributed by atoms with Gasteiger partial charge < -0.3 is 10.4 Å². The highest BCUT2D eigenvalue weighted by Crippen LogP contribution is 2.26. The summed E-state index contributed by atoms with van der Waals surface area (Å²) in [5, 5.41) is 13.1. The van der Waals surface area contributed by atoms with Gasteiger partial charge in [-0.2, -0.15) is 0 Å². The van der Waals surface area contributed by atoms with E-state index in [1.165, 1.54) is 0 Å². The van der Waals surface area contributed by atoms with Crippen LogP contribution in [0.2, 0.25) is 10.0 Å². The molecule has 0 spiro atoms. The molecule has 18 heavy (non-hydrogen) atoms. The maximum atomic E-state index is 9.13. The van der Waals surface area contributed by atoms with E-state index < -0.39 is 0 Å². The Balaban J connectivity index is 2.35. The van der Waals surface area contributed by atoms with Crippen LogP contribution in [0, 0.1) is 0 Å². The van der Waals surface area contributed by atoms with Crippen molar-refractivity contribution < 1.29 is 5.11 Å². The lowest BCUT2D eigenvalue weighted by Gasteiger charge is -2.14. The first-order valence-corrected chi connectivity index (χ1v) is 6.38. The van der Waals surface area contributed by atoms with Gasteiger partial charge in [-0.3, -0.25) is 4.98 Å². The molecule has 0 aliphatic rings. The number of hydrogen-bond acceptors (Lipinski definition) is 4. The van der Waals surface area contributed by atoms with E-state index >= 15 is 0 Å². The topological polar surface area (TPSA) is 58.0 Å². The molecule has 0 bridgehead atoms. The summed E-state index contributed by atoms with van der Waals surface area (Å²) in [5.74, 6) is 0.613. The third-order valence-corrected chi connectivity index (χ3v) is 3.37. The molecule has 2 rings (SSSR count). The molecule has 0 amide bonds. The van der Waals surface area contributed by atoms with E-state index in [0.29, 0.717) is 26.9 Å². The van der Waals surface area contributed by atoms with Crippen molar-refractivity contribution in [1.29, 1.82) is 0 Å². The second kappa shape index (κ2) is 5.69. The molecular formula is C12H13Cl2N3O. The zero-order chi connectivity index (χ0) is 13.1. The largest absolute Gasteiger partial charge is 0.394 e. The number of hydrogen-bond donors (Lipinski definition) is 2. The fourth-order valence-electron chi connectivity index (χ4n) is 1.56. The summed E-state index contributed by atoms with van der Waals surface area (Å²) < 4.78 is 0. The van der Waals surface area contributed by atoms with Crippen LogP contribution in [0.15, 0.2) is 18.3 Å². The first kappa shape index (κ1) is 13.3. The third kappa shape index (κ3) is 2.83. The third-order valence-electron chi connectivity index (χ3n) is 2.65. The van der Waals surface area contributed by atoms with Crippen molar-refractivity contribution in [2.24, 2.45) is 0 Å². The molecule has 0 saturated heterocycles. The second-order valence-corrected chi connectivity index (χ2v) is 4.76. The minimum Gasteiger partial charge on any atom is -0.394 e. The maximum absolute atomic E-state index is 9.13. The van der Waals surface area contributed by atoms with Crippen LogP contribution in [0.5, 0.6) is 0 Å². The van der Waals surface area contributed by atoms with Gasteiger partial charge in [0, 0.05) is 0 Å². The highest BCUT2D eigenvalue weighted by Gasteiger charge is 2.08. The molecule has 4 nitrogen and oxygen atoms in total. The van der Waals surface area contributed by atoms with E-state index in [1.807, 2.05) is 6.92 Å². The van der Waals surface area contributed by atoms with Crippen molar-refractivity contribution in [3.05, 3.63) is 28.4 Å². The molecule has 1 atom stereocenters. The van der Waals surface area contributed by atoms with Gasteiger partial charge in [0.05, 0.1) is 39.9 Å². The van der Waals surface area contributed by atoms with Gasteiger partial charge in [0.2, 0.25) is 0 Å². The molecule has 0 unspecified atom stereocenters. The number of rotatable bonds is 4. The van der Waals surface area contributed by atoms with Crippen LogP contribution in [0.3, 0.4) is 0 Å². The van der Waals surface area contributed by atoms with Gasteiger partial charge in [0.15, 0.2) is 0 Å². The Morgan fingerprint density at radius 1 is 1.28 bits per heavy atom. The van der Waals surface area contributed by atoms with Crippen molar-refractivity contribution in [1.82, 2.24) is 9.97 Å².